The quantitative estimate of drug-likeness (QED) is 0.778. The summed E-state index contributed by atoms with van der Waals surface area (Å²) in [5.41, 5.74) is 2.22. The lowest BCUT2D eigenvalue weighted by molar-refractivity contribution is -0.170. The predicted octanol–water partition coefficient (Wildman–Crippen LogP) is 3.90. The number of methoxy groups -OCH3 is 1. The normalized spacial score (nSPS) is 29.5. The van der Waals surface area contributed by atoms with Gasteiger partial charge in [-0.3, -0.25) is 9.88 Å². The highest BCUT2D eigenvalue weighted by atomic mass is 35.5. The Hall–Kier alpha value is -1.49. The average Bonchev–Trinajstić information content (AvgIpc) is 2.62. The number of halogens is 1. The zero-order valence-corrected chi connectivity index (χ0v) is 15.3. The van der Waals surface area contributed by atoms with Gasteiger partial charge in [0.1, 0.15) is 10.8 Å². The van der Waals surface area contributed by atoms with Crippen molar-refractivity contribution in [2.24, 2.45) is 11.8 Å². The highest BCUT2D eigenvalue weighted by Crippen LogP contribution is 2.51. The molecule has 2 aliphatic rings. The SMILES string of the molecule is CO[C@@]1(c2ccnc(Cl)c2)[C@@H]2CCC[C@H]1CN(Cc1cccnc1)C2. The maximum atomic E-state index is 6.26. The molecule has 132 valence electrons. The van der Waals surface area contributed by atoms with Crippen LogP contribution in [-0.2, 0) is 16.9 Å². The number of aromatic nitrogens is 2. The maximum absolute atomic E-state index is 6.26. The summed E-state index contributed by atoms with van der Waals surface area (Å²) in [4.78, 5) is 11.0. The standard InChI is InChI=1S/C20H24ClN3O/c1-25-20(16-7-9-23-19(21)10-16)17-5-2-6-18(20)14-24(13-17)12-15-4-3-8-22-11-15/h3-4,7-11,17-18H,2,5-6,12-14H2,1H3/t17-,18+,20+. The summed E-state index contributed by atoms with van der Waals surface area (Å²) in [6, 6.07) is 8.24. The summed E-state index contributed by atoms with van der Waals surface area (Å²) in [5, 5.41) is 0.546. The minimum atomic E-state index is -0.240. The molecule has 0 N–H and O–H groups in total. The van der Waals surface area contributed by atoms with E-state index in [1.165, 1.54) is 30.4 Å². The molecule has 1 saturated carbocycles. The van der Waals surface area contributed by atoms with Crippen molar-refractivity contribution in [1.82, 2.24) is 14.9 Å². The third-order valence-electron chi connectivity index (χ3n) is 5.92. The fourth-order valence-corrected chi connectivity index (χ4v) is 5.15. The van der Waals surface area contributed by atoms with Gasteiger partial charge in [-0.25, -0.2) is 4.98 Å². The Morgan fingerprint density at radius 1 is 1.24 bits per heavy atom. The van der Waals surface area contributed by atoms with Gasteiger partial charge in [-0.05, 0) is 42.2 Å². The topological polar surface area (TPSA) is 38.2 Å². The van der Waals surface area contributed by atoms with Crippen LogP contribution in [0.25, 0.3) is 0 Å². The minimum Gasteiger partial charge on any atom is -0.373 e. The molecule has 3 atom stereocenters. The Morgan fingerprint density at radius 2 is 2.04 bits per heavy atom. The van der Waals surface area contributed by atoms with Crippen molar-refractivity contribution in [1.29, 1.82) is 0 Å². The molecule has 4 nitrogen and oxygen atoms in total. The van der Waals surface area contributed by atoms with E-state index in [-0.39, 0.29) is 5.60 Å². The van der Waals surface area contributed by atoms with Gasteiger partial charge in [-0.2, -0.15) is 0 Å². The molecule has 3 heterocycles. The first-order valence-corrected chi connectivity index (χ1v) is 9.38. The number of hydrogen-bond donors (Lipinski definition) is 0. The number of likely N-dealkylation sites (tertiary alicyclic amines) is 1. The van der Waals surface area contributed by atoms with E-state index in [4.69, 9.17) is 16.3 Å². The first-order chi connectivity index (χ1) is 12.2. The van der Waals surface area contributed by atoms with E-state index in [9.17, 15) is 0 Å². The van der Waals surface area contributed by atoms with Gasteiger partial charge in [0, 0.05) is 57.2 Å². The second-order valence-corrected chi connectivity index (χ2v) is 7.63. The molecule has 2 fully saturated rings. The number of ether oxygens (including phenoxy) is 1. The lowest BCUT2D eigenvalue weighted by atomic mass is 9.62. The van der Waals surface area contributed by atoms with Crippen molar-refractivity contribution in [2.75, 3.05) is 20.2 Å². The van der Waals surface area contributed by atoms with Gasteiger partial charge in [-0.15, -0.1) is 0 Å². The number of piperidine rings is 1. The molecule has 0 radical (unpaired) electrons. The molecule has 5 heteroatoms. The highest BCUT2D eigenvalue weighted by molar-refractivity contribution is 6.29. The van der Waals surface area contributed by atoms with Gasteiger partial charge in [0.25, 0.3) is 0 Å². The van der Waals surface area contributed by atoms with Crippen LogP contribution in [0.15, 0.2) is 42.9 Å². The van der Waals surface area contributed by atoms with E-state index in [0.29, 0.717) is 17.0 Å². The summed E-state index contributed by atoms with van der Waals surface area (Å²) >= 11 is 6.19. The van der Waals surface area contributed by atoms with Gasteiger partial charge in [-0.1, -0.05) is 24.1 Å². The molecule has 0 aromatic carbocycles. The highest BCUT2D eigenvalue weighted by Gasteiger charge is 2.53. The Bertz CT molecular complexity index is 710. The van der Waals surface area contributed by atoms with Gasteiger partial charge in [0.05, 0.1) is 0 Å². The Kier molecular flexibility index (Phi) is 4.76. The Balaban J connectivity index is 1.63. The number of nitrogens with zero attached hydrogens (tertiary/aromatic N) is 3. The molecule has 0 amide bonds. The summed E-state index contributed by atoms with van der Waals surface area (Å²) in [6.07, 6.45) is 9.26. The lowest BCUT2D eigenvalue weighted by Crippen LogP contribution is -2.58. The van der Waals surface area contributed by atoms with Gasteiger partial charge >= 0.3 is 0 Å². The van der Waals surface area contributed by atoms with Crippen LogP contribution in [0.4, 0.5) is 0 Å². The molecular formula is C20H24ClN3O. The monoisotopic (exact) mass is 357 g/mol. The van der Waals surface area contributed by atoms with Gasteiger partial charge < -0.3 is 4.74 Å². The van der Waals surface area contributed by atoms with E-state index in [0.717, 1.165) is 19.6 Å². The van der Waals surface area contributed by atoms with Crippen molar-refractivity contribution in [3.8, 4) is 0 Å². The smallest absolute Gasteiger partial charge is 0.129 e. The van der Waals surface area contributed by atoms with E-state index < -0.39 is 0 Å². The van der Waals surface area contributed by atoms with E-state index in [1.54, 1.807) is 6.20 Å². The van der Waals surface area contributed by atoms with Crippen LogP contribution >= 0.6 is 11.6 Å². The molecule has 1 aliphatic heterocycles. The van der Waals surface area contributed by atoms with Crippen molar-refractivity contribution in [3.05, 3.63) is 59.1 Å². The van der Waals surface area contributed by atoms with Crippen molar-refractivity contribution < 1.29 is 4.74 Å². The Morgan fingerprint density at radius 3 is 2.68 bits per heavy atom. The first kappa shape index (κ1) is 17.0. The minimum absolute atomic E-state index is 0.240. The second kappa shape index (κ2) is 7.02. The summed E-state index contributed by atoms with van der Waals surface area (Å²) in [6.45, 7) is 3.04. The zero-order valence-electron chi connectivity index (χ0n) is 14.6. The molecule has 0 unspecified atom stereocenters. The van der Waals surface area contributed by atoms with Crippen LogP contribution in [0.2, 0.25) is 5.15 Å². The second-order valence-electron chi connectivity index (χ2n) is 7.24. The van der Waals surface area contributed by atoms with E-state index >= 15 is 0 Å². The number of fused-ring (bicyclic) bond motifs is 2. The maximum Gasteiger partial charge on any atom is 0.129 e. The first-order valence-electron chi connectivity index (χ1n) is 9.01. The van der Waals surface area contributed by atoms with Crippen LogP contribution in [0.5, 0.6) is 0 Å². The molecule has 0 spiro atoms. The fourth-order valence-electron chi connectivity index (χ4n) is 4.97. The van der Waals surface area contributed by atoms with Crippen molar-refractivity contribution >= 4 is 11.6 Å². The summed E-state index contributed by atoms with van der Waals surface area (Å²) in [5.74, 6) is 0.945. The molecule has 4 rings (SSSR count). The molecule has 1 saturated heterocycles. The van der Waals surface area contributed by atoms with Crippen molar-refractivity contribution in [3.63, 3.8) is 0 Å². The number of hydrogen-bond acceptors (Lipinski definition) is 4. The van der Waals surface area contributed by atoms with Gasteiger partial charge in [0.2, 0.25) is 0 Å². The average molecular weight is 358 g/mol. The van der Waals surface area contributed by atoms with Crippen LogP contribution in [0, 0.1) is 11.8 Å². The van der Waals surface area contributed by atoms with Crippen molar-refractivity contribution in [2.45, 2.75) is 31.4 Å². The zero-order chi connectivity index (χ0) is 17.3. The van der Waals surface area contributed by atoms with Crippen LogP contribution in [-0.4, -0.2) is 35.1 Å². The van der Waals surface area contributed by atoms with Crippen LogP contribution in [0.1, 0.15) is 30.4 Å². The fraction of sp³-hybridized carbons (Fsp3) is 0.500. The molecule has 1 aliphatic carbocycles. The largest absolute Gasteiger partial charge is 0.373 e. The van der Waals surface area contributed by atoms with Crippen LogP contribution < -0.4 is 0 Å². The molecule has 2 bridgehead atoms. The van der Waals surface area contributed by atoms with Gasteiger partial charge in [0.15, 0.2) is 0 Å². The third kappa shape index (κ3) is 3.07. The Labute approximate surface area is 154 Å². The lowest BCUT2D eigenvalue weighted by Gasteiger charge is -2.55. The molecule has 2 aromatic heterocycles. The number of rotatable bonds is 4. The summed E-state index contributed by atoms with van der Waals surface area (Å²) in [7, 11) is 1.86. The molecular weight excluding hydrogens is 334 g/mol. The molecule has 25 heavy (non-hydrogen) atoms. The van der Waals surface area contributed by atoms with Crippen LogP contribution in [0.3, 0.4) is 0 Å². The predicted molar refractivity (Wildman–Crippen MR) is 98.3 cm³/mol. The molecule has 2 aromatic rings. The number of pyridine rings is 2. The third-order valence-corrected chi connectivity index (χ3v) is 6.13. The summed E-state index contributed by atoms with van der Waals surface area (Å²) < 4.78 is 6.26. The van der Waals surface area contributed by atoms with E-state index in [2.05, 4.69) is 27.0 Å². The van der Waals surface area contributed by atoms with E-state index in [1.807, 2.05) is 31.6 Å².